The van der Waals surface area contributed by atoms with Crippen molar-refractivity contribution in [2.45, 2.75) is 0 Å². The van der Waals surface area contributed by atoms with Crippen molar-refractivity contribution in [2.75, 3.05) is 4.90 Å². The van der Waals surface area contributed by atoms with Crippen molar-refractivity contribution in [1.29, 1.82) is 0 Å². The van der Waals surface area contributed by atoms with Crippen LogP contribution in [0.4, 0.5) is 17.1 Å². The van der Waals surface area contributed by atoms with Crippen LogP contribution in [0.2, 0.25) is 0 Å². The molecule has 3 nitrogen and oxygen atoms in total. The largest absolute Gasteiger partial charge is 0.436 e. The number of benzene rings is 10. The van der Waals surface area contributed by atoms with E-state index in [2.05, 4.69) is 205 Å². The van der Waals surface area contributed by atoms with Gasteiger partial charge in [0.25, 0.3) is 0 Å². The van der Waals surface area contributed by atoms with Crippen molar-refractivity contribution in [3.63, 3.8) is 0 Å². The molecule has 60 heavy (non-hydrogen) atoms. The van der Waals surface area contributed by atoms with Gasteiger partial charge in [0.15, 0.2) is 5.58 Å². The fraction of sp³-hybridized carbons (Fsp3) is 0. The van der Waals surface area contributed by atoms with Crippen molar-refractivity contribution in [3.8, 4) is 56.0 Å². The molecule has 0 unspecified atom stereocenters. The van der Waals surface area contributed by atoms with E-state index in [0.717, 1.165) is 83.4 Å². The second-order valence-corrected chi connectivity index (χ2v) is 15.1. The SMILES string of the molecule is c1ccc(-c2nc3c(ccc4c(-c5ccc(N(c6ccccc6-c6ccccc6)c6ccc7ccccc7c6-c6ccccc6)c(-c6ccccc6)c5)cccc43)o2)cc1. The van der Waals surface area contributed by atoms with Crippen LogP contribution in [-0.2, 0) is 0 Å². The van der Waals surface area contributed by atoms with Gasteiger partial charge in [-0.05, 0) is 92.5 Å². The highest BCUT2D eigenvalue weighted by atomic mass is 16.3. The number of hydrogen-bond donors (Lipinski definition) is 0. The first-order valence-electron chi connectivity index (χ1n) is 20.4. The van der Waals surface area contributed by atoms with Gasteiger partial charge < -0.3 is 9.32 Å². The Balaban J connectivity index is 1.18. The van der Waals surface area contributed by atoms with Crippen LogP contribution in [0.25, 0.3) is 88.6 Å². The minimum Gasteiger partial charge on any atom is -0.436 e. The zero-order chi connectivity index (χ0) is 39.8. The molecule has 0 spiro atoms. The molecule has 0 radical (unpaired) electrons. The number of oxazole rings is 1. The molecule has 11 rings (SSSR count). The van der Waals surface area contributed by atoms with Crippen molar-refractivity contribution in [1.82, 2.24) is 4.98 Å². The maximum atomic E-state index is 6.30. The Morgan fingerprint density at radius 3 is 1.65 bits per heavy atom. The van der Waals surface area contributed by atoms with Crippen molar-refractivity contribution in [2.24, 2.45) is 0 Å². The molecule has 0 bridgehead atoms. The number of nitrogens with zero attached hydrogens (tertiary/aromatic N) is 2. The van der Waals surface area contributed by atoms with E-state index in [1.807, 2.05) is 30.3 Å². The Morgan fingerprint density at radius 2 is 0.900 bits per heavy atom. The van der Waals surface area contributed by atoms with Gasteiger partial charge >= 0.3 is 0 Å². The maximum Gasteiger partial charge on any atom is 0.227 e. The maximum absolute atomic E-state index is 6.30. The van der Waals surface area contributed by atoms with Crippen molar-refractivity contribution < 1.29 is 4.42 Å². The zero-order valence-corrected chi connectivity index (χ0v) is 32.7. The number of aromatic nitrogens is 1. The van der Waals surface area contributed by atoms with Gasteiger partial charge in [-0.1, -0.05) is 182 Å². The summed E-state index contributed by atoms with van der Waals surface area (Å²) >= 11 is 0. The molecule has 3 heteroatoms. The summed E-state index contributed by atoms with van der Waals surface area (Å²) in [5.74, 6) is 0.624. The summed E-state index contributed by atoms with van der Waals surface area (Å²) in [6, 6.07) is 82.1. The molecule has 0 N–H and O–H groups in total. The monoisotopic (exact) mass is 766 g/mol. The Labute approximate surface area is 349 Å². The average molecular weight is 767 g/mol. The molecule has 1 aromatic heterocycles. The lowest BCUT2D eigenvalue weighted by molar-refractivity contribution is 0.620. The van der Waals surface area contributed by atoms with Gasteiger partial charge in [0, 0.05) is 27.6 Å². The lowest BCUT2D eigenvalue weighted by atomic mass is 9.91. The van der Waals surface area contributed by atoms with Gasteiger partial charge in [0.05, 0.1) is 17.1 Å². The summed E-state index contributed by atoms with van der Waals surface area (Å²) in [6.45, 7) is 0. The van der Waals surface area contributed by atoms with Gasteiger partial charge in [-0.25, -0.2) is 4.98 Å². The van der Waals surface area contributed by atoms with E-state index < -0.39 is 0 Å². The lowest BCUT2D eigenvalue weighted by Crippen LogP contribution is -2.14. The zero-order valence-electron chi connectivity index (χ0n) is 32.7. The highest BCUT2D eigenvalue weighted by Gasteiger charge is 2.25. The van der Waals surface area contributed by atoms with Gasteiger partial charge in [-0.3, -0.25) is 0 Å². The van der Waals surface area contributed by atoms with E-state index in [9.17, 15) is 0 Å². The van der Waals surface area contributed by atoms with Crippen LogP contribution in [0.5, 0.6) is 0 Å². The summed E-state index contributed by atoms with van der Waals surface area (Å²) in [5, 5.41) is 4.58. The van der Waals surface area contributed by atoms with Crippen LogP contribution < -0.4 is 4.90 Å². The molecule has 0 aliphatic rings. The summed E-state index contributed by atoms with van der Waals surface area (Å²) in [6.07, 6.45) is 0. The van der Waals surface area contributed by atoms with Crippen LogP contribution in [0, 0.1) is 0 Å². The fourth-order valence-electron chi connectivity index (χ4n) is 8.73. The average Bonchev–Trinajstić information content (AvgIpc) is 3.78. The normalized spacial score (nSPS) is 11.3. The van der Waals surface area contributed by atoms with E-state index in [0.29, 0.717) is 5.89 Å². The molecule has 0 fully saturated rings. The molecule has 282 valence electrons. The van der Waals surface area contributed by atoms with Crippen LogP contribution in [0.15, 0.2) is 235 Å². The van der Waals surface area contributed by atoms with E-state index in [1.54, 1.807) is 0 Å². The second-order valence-electron chi connectivity index (χ2n) is 15.1. The molecule has 0 saturated carbocycles. The summed E-state index contributed by atoms with van der Waals surface area (Å²) in [7, 11) is 0. The van der Waals surface area contributed by atoms with Gasteiger partial charge in [-0.15, -0.1) is 0 Å². The molecule has 0 aliphatic carbocycles. The number of rotatable bonds is 8. The molecule has 0 saturated heterocycles. The lowest BCUT2D eigenvalue weighted by Gasteiger charge is -2.32. The Hall–Kier alpha value is -8.01. The molecule has 0 aliphatic heterocycles. The van der Waals surface area contributed by atoms with Crippen LogP contribution >= 0.6 is 0 Å². The van der Waals surface area contributed by atoms with Gasteiger partial charge in [-0.2, -0.15) is 0 Å². The summed E-state index contributed by atoms with van der Waals surface area (Å²) in [4.78, 5) is 7.51. The first kappa shape index (κ1) is 35.2. The van der Waals surface area contributed by atoms with E-state index in [4.69, 9.17) is 9.40 Å². The molecule has 0 amide bonds. The van der Waals surface area contributed by atoms with E-state index in [-0.39, 0.29) is 0 Å². The van der Waals surface area contributed by atoms with Crippen LogP contribution in [0.3, 0.4) is 0 Å². The predicted octanol–water partition coefficient (Wildman–Crippen LogP) is 15.9. The summed E-state index contributed by atoms with van der Waals surface area (Å²) < 4.78 is 6.30. The number of fused-ring (bicyclic) bond motifs is 4. The van der Waals surface area contributed by atoms with Gasteiger partial charge in [0.2, 0.25) is 5.89 Å². The van der Waals surface area contributed by atoms with E-state index >= 15 is 0 Å². The third-order valence-electron chi connectivity index (χ3n) is 11.5. The Kier molecular flexibility index (Phi) is 8.83. The highest BCUT2D eigenvalue weighted by molar-refractivity contribution is 6.11. The molecule has 0 atom stereocenters. The fourth-order valence-corrected chi connectivity index (χ4v) is 8.73. The minimum atomic E-state index is 0.624. The summed E-state index contributed by atoms with van der Waals surface area (Å²) in [5.41, 5.74) is 15.0. The Bertz CT molecular complexity index is 3300. The van der Waals surface area contributed by atoms with Crippen LogP contribution in [-0.4, -0.2) is 4.98 Å². The number of para-hydroxylation sites is 1. The second kappa shape index (κ2) is 15.1. The highest BCUT2D eigenvalue weighted by Crippen LogP contribution is 2.50. The van der Waals surface area contributed by atoms with Crippen molar-refractivity contribution >= 4 is 49.7 Å². The molecular formula is C57H38N2O. The molecule has 11 aromatic rings. The smallest absolute Gasteiger partial charge is 0.227 e. The molecule has 1 heterocycles. The third-order valence-corrected chi connectivity index (χ3v) is 11.5. The van der Waals surface area contributed by atoms with Gasteiger partial charge in [0.1, 0.15) is 5.52 Å². The van der Waals surface area contributed by atoms with Crippen LogP contribution in [0.1, 0.15) is 0 Å². The minimum absolute atomic E-state index is 0.624. The topological polar surface area (TPSA) is 29.3 Å². The Morgan fingerprint density at radius 1 is 0.333 bits per heavy atom. The third kappa shape index (κ3) is 6.21. The molecular weight excluding hydrogens is 729 g/mol. The molecule has 10 aromatic carbocycles. The van der Waals surface area contributed by atoms with E-state index in [1.165, 1.54) is 16.3 Å². The number of anilines is 3. The first-order chi connectivity index (χ1) is 29.8. The number of hydrogen-bond acceptors (Lipinski definition) is 3. The van der Waals surface area contributed by atoms with Crippen molar-refractivity contribution in [3.05, 3.63) is 231 Å². The first-order valence-corrected chi connectivity index (χ1v) is 20.4. The quantitative estimate of drug-likeness (QED) is 0.154. The predicted molar refractivity (Wildman–Crippen MR) is 251 cm³/mol. The standard InChI is InChI=1S/C57H38N2O/c1-5-18-39(19-6-1)46-27-15-16-31-51(46)59(53-36-32-41-22-13-14-28-47(41)55(53)42-23-9-3-10-24-42)52-35-33-44(38-50(52)40-20-7-2-8-21-40)45-29-17-30-49-48(45)34-37-54-56(49)58-57(60-54)43-25-11-4-12-26-43/h1-38H.